The Hall–Kier alpha value is 0.821. The van der Waals surface area contributed by atoms with Crippen molar-refractivity contribution in [2.24, 2.45) is 5.73 Å². The maximum absolute atomic E-state index is 5.35. The first-order chi connectivity index (χ1) is 7.95. The molecule has 0 unspecified atom stereocenters. The summed E-state index contributed by atoms with van der Waals surface area (Å²) in [5.41, 5.74) is 7.48. The third kappa shape index (κ3) is 181. The van der Waals surface area contributed by atoms with Crippen LogP contribution in [0.25, 0.3) is 0 Å². The van der Waals surface area contributed by atoms with Crippen molar-refractivity contribution in [2.75, 3.05) is 0 Å². The summed E-state index contributed by atoms with van der Waals surface area (Å²) < 4.78 is 0. The number of allylic oxidation sites excluding steroid dienone is 3. The van der Waals surface area contributed by atoms with E-state index < -0.39 is 17.0 Å². The van der Waals surface area contributed by atoms with E-state index in [1.54, 1.807) is 0 Å². The van der Waals surface area contributed by atoms with Gasteiger partial charge in [-0.25, -0.2) is 18.6 Å². The Balaban J connectivity index is -0.0000000784. The fourth-order valence-corrected chi connectivity index (χ4v) is 0.421. The van der Waals surface area contributed by atoms with Gasteiger partial charge in [0, 0.05) is 15.1 Å². The number of halogens is 2. The van der Waals surface area contributed by atoms with Crippen molar-refractivity contribution in [1.29, 1.82) is 0 Å². The van der Waals surface area contributed by atoms with Gasteiger partial charge in [-0.2, -0.15) is 0 Å². The van der Waals surface area contributed by atoms with Crippen molar-refractivity contribution in [3.8, 4) is 0 Å². The molecular formula is C13H29Cl2NSiTi-. The zero-order valence-corrected chi connectivity index (χ0v) is 17.1. The van der Waals surface area contributed by atoms with Crippen LogP contribution in [0.2, 0.25) is 13.1 Å². The van der Waals surface area contributed by atoms with Crippen molar-refractivity contribution >= 4 is 28.1 Å². The number of hydrogen-bond acceptors (Lipinski definition) is 1. The summed E-state index contributed by atoms with van der Waals surface area (Å²) in [5, 5.41) is 0. The first-order valence-electron chi connectivity index (χ1n) is 5.61. The molecule has 0 saturated carbocycles. The third-order valence-corrected chi connectivity index (χ3v) is 0.493. The standard InChI is InChI=1S/C7H11.C4H11N.C2H7Si.2ClH.Ti/c1-6(2)5-7(3)4;1-4(2,3)5;1-3-2;;;/h5H,1,3H2,2,4H3;5H2,1-3H3;3H,1-2H3;2*1H;/q-1;;;;;+2/p-2. The van der Waals surface area contributed by atoms with E-state index in [0.29, 0.717) is 0 Å². The van der Waals surface area contributed by atoms with Crippen LogP contribution in [0.15, 0.2) is 23.8 Å². The van der Waals surface area contributed by atoms with E-state index >= 15 is 0 Å². The number of rotatable bonds is 1. The minimum atomic E-state index is -0.556. The molecule has 1 nitrogen and oxygen atoms in total. The summed E-state index contributed by atoms with van der Waals surface area (Å²) in [6, 6.07) is 0. The fraction of sp³-hybridized carbons (Fsp3) is 0.615. The molecule has 0 bridgehead atoms. The first-order valence-corrected chi connectivity index (χ1v) is 12.2. The van der Waals surface area contributed by atoms with Crippen molar-refractivity contribution < 1.29 is 17.0 Å². The molecule has 0 aromatic rings. The van der Waals surface area contributed by atoms with Crippen LogP contribution >= 0.6 is 18.6 Å². The second-order valence-electron chi connectivity index (χ2n) is 4.85. The molecule has 0 heterocycles. The molecule has 0 aromatic carbocycles. The van der Waals surface area contributed by atoms with E-state index in [9.17, 15) is 0 Å². The Kier molecular flexibility index (Phi) is 30.5. The predicted molar refractivity (Wildman–Crippen MR) is 88.5 cm³/mol. The van der Waals surface area contributed by atoms with Crippen LogP contribution in [0.5, 0.6) is 0 Å². The van der Waals surface area contributed by atoms with Gasteiger partial charge in [0.05, 0.1) is 0 Å². The summed E-state index contributed by atoms with van der Waals surface area (Å²) in [6.45, 7) is 21.6. The van der Waals surface area contributed by atoms with Crippen molar-refractivity contribution in [3.05, 3.63) is 30.7 Å². The Labute approximate surface area is 134 Å². The van der Waals surface area contributed by atoms with Crippen LogP contribution in [0.4, 0.5) is 0 Å². The van der Waals surface area contributed by atoms with E-state index in [-0.39, 0.29) is 5.54 Å². The zero-order valence-electron chi connectivity index (χ0n) is 12.9. The molecule has 0 saturated heterocycles. The summed E-state index contributed by atoms with van der Waals surface area (Å²) in [7, 11) is 10.5. The topological polar surface area (TPSA) is 26.0 Å². The predicted octanol–water partition coefficient (Wildman–Crippen LogP) is 4.98. The van der Waals surface area contributed by atoms with Crippen LogP contribution in [0.3, 0.4) is 0 Å². The molecule has 0 spiro atoms. The number of hydrogen-bond donors (Lipinski definition) is 1. The van der Waals surface area contributed by atoms with Crippen molar-refractivity contribution in [2.45, 2.75) is 53.3 Å². The van der Waals surface area contributed by atoms with Crippen molar-refractivity contribution in [1.82, 2.24) is 0 Å². The van der Waals surface area contributed by atoms with Gasteiger partial charge >= 0.3 is 35.6 Å². The van der Waals surface area contributed by atoms with Gasteiger partial charge in [-0.05, 0) is 20.8 Å². The average Bonchev–Trinajstić information content (AvgIpc) is 1.99. The minimum absolute atomic E-state index is 0. The molecule has 1 radical (unpaired) electrons. The van der Waals surface area contributed by atoms with Crippen LogP contribution in [-0.4, -0.2) is 15.1 Å². The Morgan fingerprint density at radius 3 is 1.44 bits per heavy atom. The second-order valence-corrected chi connectivity index (χ2v) is 8.59. The van der Waals surface area contributed by atoms with Gasteiger partial charge in [-0.1, -0.05) is 26.9 Å². The first kappa shape index (κ1) is 27.2. The Morgan fingerprint density at radius 1 is 1.28 bits per heavy atom. The van der Waals surface area contributed by atoms with Gasteiger partial charge in [-0.3, -0.25) is 0 Å². The Bertz CT molecular complexity index is 190. The van der Waals surface area contributed by atoms with Gasteiger partial charge < -0.3 is 5.73 Å². The summed E-state index contributed by atoms with van der Waals surface area (Å²) in [6.07, 6.45) is 1.94. The molecule has 0 atom stereocenters. The third-order valence-electron chi connectivity index (χ3n) is 0.493. The van der Waals surface area contributed by atoms with E-state index in [1.807, 2.05) is 40.7 Å². The van der Waals surface area contributed by atoms with Crippen molar-refractivity contribution in [3.63, 3.8) is 0 Å². The molecule has 109 valence electrons. The molecule has 0 rings (SSSR count). The Morgan fingerprint density at radius 2 is 1.44 bits per heavy atom. The molecule has 5 heteroatoms. The van der Waals surface area contributed by atoms with Gasteiger partial charge in [0.25, 0.3) is 0 Å². The van der Waals surface area contributed by atoms with Gasteiger partial charge in [0.1, 0.15) is 0 Å². The molecule has 2 N–H and O–H groups in total. The quantitative estimate of drug-likeness (QED) is 0.404. The van der Waals surface area contributed by atoms with E-state index in [2.05, 4.69) is 26.6 Å². The summed E-state index contributed by atoms with van der Waals surface area (Å²) in [4.78, 5) is 0. The normalized spacial score (nSPS) is 9.56. The molecule has 0 amide bonds. The SMILES string of the molecule is C=C(C)C=C([CH2-])C.CC(C)(C)N.C[SiH]C.[Cl][Ti][Cl]. The molecule has 0 aliphatic rings. The van der Waals surface area contributed by atoms with E-state index in [1.165, 1.54) is 0 Å². The monoisotopic (exact) mass is 345 g/mol. The van der Waals surface area contributed by atoms with Crippen LogP contribution in [-0.2, 0) is 17.0 Å². The maximum atomic E-state index is 5.35. The fourth-order valence-electron chi connectivity index (χ4n) is 0.421. The summed E-state index contributed by atoms with van der Waals surface area (Å²) in [5.74, 6) is 0. The number of nitrogens with two attached hydrogens (primary N) is 1. The van der Waals surface area contributed by atoms with Gasteiger partial charge in [0.15, 0.2) is 0 Å². The molecular weight excluding hydrogens is 317 g/mol. The molecule has 0 aromatic heterocycles. The van der Waals surface area contributed by atoms with Crippen LogP contribution in [0, 0.1) is 6.92 Å². The van der Waals surface area contributed by atoms with Crippen LogP contribution < -0.4 is 5.73 Å². The van der Waals surface area contributed by atoms with E-state index in [4.69, 9.17) is 24.3 Å². The van der Waals surface area contributed by atoms with Crippen LogP contribution in [0.1, 0.15) is 34.6 Å². The molecule has 0 fully saturated rings. The van der Waals surface area contributed by atoms with Gasteiger partial charge in [-0.15, -0.1) is 12.2 Å². The second kappa shape index (κ2) is 20.1. The molecule has 18 heavy (non-hydrogen) atoms. The molecule has 0 aliphatic heterocycles. The zero-order chi connectivity index (χ0) is 15.8. The van der Waals surface area contributed by atoms with Gasteiger partial charge in [0.2, 0.25) is 0 Å². The summed E-state index contributed by atoms with van der Waals surface area (Å²) >= 11 is -0.556. The van der Waals surface area contributed by atoms with E-state index in [0.717, 1.165) is 20.7 Å². The average molecular weight is 346 g/mol. The molecule has 0 aliphatic carbocycles.